The molecule has 1 aromatic heterocycles. The van der Waals surface area contributed by atoms with Gasteiger partial charge in [0.1, 0.15) is 18.3 Å². The molecule has 4 atom stereocenters. The molecule has 0 spiro atoms. The molecule has 1 saturated heterocycles. The van der Waals surface area contributed by atoms with Crippen LogP contribution in [0.3, 0.4) is 0 Å². The molecule has 5 rings (SSSR count). The Morgan fingerprint density at radius 1 is 0.686 bits per heavy atom. The maximum absolute atomic E-state index is 6.42. The lowest BCUT2D eigenvalue weighted by atomic mass is 10.1. The Balaban J connectivity index is 1.33. The molecule has 35 heavy (non-hydrogen) atoms. The molecule has 0 unspecified atom stereocenters. The Kier molecular flexibility index (Phi) is 7.87. The first-order valence-electron chi connectivity index (χ1n) is 11.7. The number of tetrazole rings is 1. The minimum absolute atomic E-state index is 0.341. The Bertz CT molecular complexity index is 1130. The summed E-state index contributed by atoms with van der Waals surface area (Å²) in [6, 6.07) is 30.1. The summed E-state index contributed by atoms with van der Waals surface area (Å²) in [5, 5.41) is 14.6. The lowest BCUT2D eigenvalue weighted by Gasteiger charge is -2.24. The van der Waals surface area contributed by atoms with E-state index in [9.17, 15) is 0 Å². The van der Waals surface area contributed by atoms with Crippen LogP contribution in [0.4, 0.5) is 0 Å². The van der Waals surface area contributed by atoms with Crippen molar-refractivity contribution < 1.29 is 18.9 Å². The second-order valence-electron chi connectivity index (χ2n) is 8.39. The van der Waals surface area contributed by atoms with Gasteiger partial charge in [0.05, 0.1) is 26.4 Å². The average Bonchev–Trinajstić information content (AvgIpc) is 3.56. The number of aromatic amines is 1. The van der Waals surface area contributed by atoms with E-state index < -0.39 is 18.3 Å². The van der Waals surface area contributed by atoms with Gasteiger partial charge in [-0.1, -0.05) is 96.2 Å². The number of benzene rings is 3. The monoisotopic (exact) mass is 472 g/mol. The number of hydrogen-bond donors (Lipinski definition) is 1. The van der Waals surface area contributed by atoms with E-state index >= 15 is 0 Å². The first-order valence-corrected chi connectivity index (χ1v) is 11.7. The van der Waals surface area contributed by atoms with E-state index in [1.54, 1.807) is 0 Å². The van der Waals surface area contributed by atoms with Crippen molar-refractivity contribution in [1.29, 1.82) is 0 Å². The van der Waals surface area contributed by atoms with Gasteiger partial charge in [0.15, 0.2) is 6.10 Å². The Labute approximate surface area is 204 Å². The average molecular weight is 473 g/mol. The highest BCUT2D eigenvalue weighted by atomic mass is 16.6. The second-order valence-corrected chi connectivity index (χ2v) is 8.39. The van der Waals surface area contributed by atoms with Gasteiger partial charge in [-0.25, -0.2) is 0 Å². The van der Waals surface area contributed by atoms with Gasteiger partial charge in [-0.15, -0.1) is 10.2 Å². The largest absolute Gasteiger partial charge is 0.374 e. The highest BCUT2D eigenvalue weighted by molar-refractivity contribution is 5.16. The highest BCUT2D eigenvalue weighted by Crippen LogP contribution is 2.37. The maximum Gasteiger partial charge on any atom is 0.206 e. The SMILES string of the molecule is c1ccc(COC[C@H]2O[C@@H](c3nn[nH]n3)[C@H](OCc3ccccc3)[C@@H]2OCc2ccccc2)cc1. The van der Waals surface area contributed by atoms with Gasteiger partial charge in [0.2, 0.25) is 5.82 Å². The van der Waals surface area contributed by atoms with Gasteiger partial charge in [0, 0.05) is 0 Å². The van der Waals surface area contributed by atoms with E-state index in [4.69, 9.17) is 18.9 Å². The zero-order chi connectivity index (χ0) is 23.7. The smallest absolute Gasteiger partial charge is 0.206 e. The molecule has 3 aromatic carbocycles. The Morgan fingerprint density at radius 3 is 1.77 bits per heavy atom. The molecule has 1 aliphatic heterocycles. The fourth-order valence-electron chi connectivity index (χ4n) is 4.14. The van der Waals surface area contributed by atoms with Crippen LogP contribution in [0.2, 0.25) is 0 Å². The minimum atomic E-state index is -0.538. The van der Waals surface area contributed by atoms with E-state index in [1.165, 1.54) is 0 Å². The molecule has 180 valence electrons. The van der Waals surface area contributed by atoms with Crippen LogP contribution in [-0.4, -0.2) is 45.5 Å². The summed E-state index contributed by atoms with van der Waals surface area (Å²) < 4.78 is 25.2. The topological polar surface area (TPSA) is 91.4 Å². The molecule has 0 amide bonds. The van der Waals surface area contributed by atoms with Crippen molar-refractivity contribution in [2.75, 3.05) is 6.61 Å². The lowest BCUT2D eigenvalue weighted by Crippen LogP contribution is -2.38. The lowest BCUT2D eigenvalue weighted by molar-refractivity contribution is -0.0899. The molecule has 0 aliphatic carbocycles. The van der Waals surface area contributed by atoms with Gasteiger partial charge in [-0.3, -0.25) is 0 Å². The van der Waals surface area contributed by atoms with Crippen LogP contribution in [-0.2, 0) is 38.8 Å². The molecular formula is C27H28N4O4. The third-order valence-electron chi connectivity index (χ3n) is 5.89. The van der Waals surface area contributed by atoms with Gasteiger partial charge < -0.3 is 18.9 Å². The number of nitrogens with one attached hydrogen (secondary N) is 1. The summed E-state index contributed by atoms with van der Waals surface area (Å²) in [5.74, 6) is 0.432. The molecule has 8 heteroatoms. The van der Waals surface area contributed by atoms with Crippen LogP contribution in [0.15, 0.2) is 91.0 Å². The first kappa shape index (κ1) is 23.3. The van der Waals surface area contributed by atoms with Crippen LogP contribution in [0.5, 0.6) is 0 Å². The summed E-state index contributed by atoms with van der Waals surface area (Å²) in [5.41, 5.74) is 3.23. The van der Waals surface area contributed by atoms with Crippen LogP contribution >= 0.6 is 0 Å². The zero-order valence-corrected chi connectivity index (χ0v) is 19.3. The normalized spacial score (nSPS) is 21.8. The van der Waals surface area contributed by atoms with Crippen molar-refractivity contribution in [3.63, 3.8) is 0 Å². The van der Waals surface area contributed by atoms with Crippen LogP contribution in [0.25, 0.3) is 0 Å². The minimum Gasteiger partial charge on any atom is -0.374 e. The van der Waals surface area contributed by atoms with Crippen molar-refractivity contribution in [2.24, 2.45) is 0 Å². The first-order chi connectivity index (χ1) is 17.4. The van der Waals surface area contributed by atoms with Crippen LogP contribution < -0.4 is 0 Å². The van der Waals surface area contributed by atoms with Crippen molar-refractivity contribution in [3.05, 3.63) is 114 Å². The molecule has 1 fully saturated rings. The van der Waals surface area contributed by atoms with Gasteiger partial charge in [-0.2, -0.15) is 5.21 Å². The third kappa shape index (κ3) is 6.17. The quantitative estimate of drug-likeness (QED) is 0.352. The fourth-order valence-corrected chi connectivity index (χ4v) is 4.14. The number of aromatic nitrogens is 4. The summed E-state index contributed by atoms with van der Waals surface area (Å²) in [6.07, 6.45) is -1.74. The van der Waals surface area contributed by atoms with Crippen LogP contribution in [0.1, 0.15) is 28.6 Å². The van der Waals surface area contributed by atoms with Crippen molar-refractivity contribution in [1.82, 2.24) is 20.6 Å². The number of H-pyrrole nitrogens is 1. The zero-order valence-electron chi connectivity index (χ0n) is 19.3. The molecular weight excluding hydrogens is 444 g/mol. The molecule has 4 aromatic rings. The fraction of sp³-hybridized carbons (Fsp3) is 0.296. The van der Waals surface area contributed by atoms with Gasteiger partial charge >= 0.3 is 0 Å². The highest BCUT2D eigenvalue weighted by Gasteiger charge is 2.49. The van der Waals surface area contributed by atoms with Crippen molar-refractivity contribution in [2.45, 2.75) is 44.2 Å². The summed E-state index contributed by atoms with van der Waals surface area (Å²) in [6.45, 7) is 1.66. The molecule has 0 saturated carbocycles. The summed E-state index contributed by atoms with van der Waals surface area (Å²) in [4.78, 5) is 0. The van der Waals surface area contributed by atoms with Crippen LogP contribution in [0, 0.1) is 0 Å². The molecule has 1 N–H and O–H groups in total. The van der Waals surface area contributed by atoms with E-state index in [0.717, 1.165) is 16.7 Å². The predicted octanol–water partition coefficient (Wildman–Crippen LogP) is 4.03. The van der Waals surface area contributed by atoms with E-state index in [0.29, 0.717) is 32.3 Å². The third-order valence-corrected chi connectivity index (χ3v) is 5.89. The molecule has 0 radical (unpaired) electrons. The number of hydrogen-bond acceptors (Lipinski definition) is 7. The second kappa shape index (κ2) is 11.8. The maximum atomic E-state index is 6.42. The Morgan fingerprint density at radius 2 is 1.23 bits per heavy atom. The summed E-state index contributed by atoms with van der Waals surface area (Å²) in [7, 11) is 0. The van der Waals surface area contributed by atoms with E-state index in [1.807, 2.05) is 91.0 Å². The van der Waals surface area contributed by atoms with Gasteiger partial charge in [0.25, 0.3) is 0 Å². The van der Waals surface area contributed by atoms with E-state index in [2.05, 4.69) is 20.6 Å². The summed E-state index contributed by atoms with van der Waals surface area (Å²) >= 11 is 0. The van der Waals surface area contributed by atoms with Gasteiger partial charge in [-0.05, 0) is 16.7 Å². The molecule has 0 bridgehead atoms. The van der Waals surface area contributed by atoms with Crippen molar-refractivity contribution >= 4 is 0 Å². The molecule has 2 heterocycles. The number of ether oxygens (including phenoxy) is 4. The van der Waals surface area contributed by atoms with E-state index in [-0.39, 0.29) is 6.10 Å². The predicted molar refractivity (Wildman–Crippen MR) is 128 cm³/mol. The molecule has 8 nitrogen and oxygen atoms in total. The van der Waals surface area contributed by atoms with Crippen molar-refractivity contribution in [3.8, 4) is 0 Å². The Hall–Kier alpha value is -3.43. The standard InChI is InChI=1S/C27H28N4O4/c1-4-10-20(11-5-1)16-32-19-23-24(33-17-21-12-6-2-7-13-21)25(26(35-23)27-28-30-31-29-27)34-18-22-14-8-3-9-15-22/h1-15,23-26H,16-19H2,(H,28,29,30,31)/t23-,24-,25-,26-/m1/s1. The molecule has 1 aliphatic rings. The number of rotatable bonds is 11. The number of nitrogens with zero attached hydrogens (tertiary/aromatic N) is 3.